The van der Waals surface area contributed by atoms with Gasteiger partial charge in [-0.25, -0.2) is 19.6 Å². The molecule has 1 aliphatic heterocycles. The number of amides is 1. The van der Waals surface area contributed by atoms with Gasteiger partial charge in [-0.3, -0.25) is 0 Å². The number of benzene rings is 1. The predicted molar refractivity (Wildman–Crippen MR) is 166 cm³/mol. The molecule has 0 bridgehead atoms. The van der Waals surface area contributed by atoms with Crippen molar-refractivity contribution in [2.75, 3.05) is 37.0 Å². The van der Waals surface area contributed by atoms with Crippen LogP contribution in [0.3, 0.4) is 0 Å². The Hall–Kier alpha value is -3.84. The van der Waals surface area contributed by atoms with Crippen molar-refractivity contribution in [1.29, 1.82) is 0 Å². The van der Waals surface area contributed by atoms with E-state index >= 15 is 0 Å². The number of rotatable bonds is 7. The molecule has 3 aromatic heterocycles. The molecule has 0 spiro atoms. The molecule has 4 heterocycles. The van der Waals surface area contributed by atoms with Crippen molar-refractivity contribution in [2.45, 2.75) is 59.0 Å². The second kappa shape index (κ2) is 12.2. The van der Waals surface area contributed by atoms with Crippen molar-refractivity contribution in [1.82, 2.24) is 25.1 Å². The highest BCUT2D eigenvalue weighted by Gasteiger charge is 2.32. The number of para-hydroxylation sites is 1. The molecule has 4 aromatic rings. The molecule has 0 aliphatic carbocycles. The standard InChI is InChI=1S/C29H35N7O4S2/c1-7-39-25(37)22-23(18-12-14-36(15-13-18)28(38)40-29(3,4)5)42-27(31-22)35(6)21-16-17(2)24(34-33-21)32-26-30-19-10-8-9-11-20(19)41-26/h8-11,16,18H,7,12-15H2,1-6H3,(H,30,32,34). The Bertz CT molecular complexity index is 1560. The Labute approximate surface area is 252 Å². The lowest BCUT2D eigenvalue weighted by Crippen LogP contribution is -2.41. The van der Waals surface area contributed by atoms with E-state index in [1.165, 1.54) is 11.3 Å². The zero-order chi connectivity index (χ0) is 30.0. The van der Waals surface area contributed by atoms with Gasteiger partial charge in [0.2, 0.25) is 0 Å². The third kappa shape index (κ3) is 6.62. The average Bonchev–Trinajstić information content (AvgIpc) is 3.57. The number of esters is 1. The molecule has 0 radical (unpaired) electrons. The predicted octanol–water partition coefficient (Wildman–Crippen LogP) is 6.65. The number of hydrogen-bond donors (Lipinski definition) is 1. The number of carbonyl (C=O) groups is 2. The minimum Gasteiger partial charge on any atom is -0.461 e. The zero-order valence-electron chi connectivity index (χ0n) is 24.6. The van der Waals surface area contributed by atoms with E-state index in [0.29, 0.717) is 48.4 Å². The highest BCUT2D eigenvalue weighted by atomic mass is 32.1. The number of piperidine rings is 1. The molecule has 13 heteroatoms. The fourth-order valence-electron chi connectivity index (χ4n) is 4.62. The smallest absolute Gasteiger partial charge is 0.410 e. The van der Waals surface area contributed by atoms with Gasteiger partial charge >= 0.3 is 12.1 Å². The van der Waals surface area contributed by atoms with Gasteiger partial charge in [0.25, 0.3) is 0 Å². The lowest BCUT2D eigenvalue weighted by molar-refractivity contribution is 0.0204. The van der Waals surface area contributed by atoms with Crippen molar-refractivity contribution in [3.8, 4) is 0 Å². The molecule has 1 N–H and O–H groups in total. The maximum absolute atomic E-state index is 12.9. The number of ether oxygens (including phenoxy) is 2. The number of fused-ring (bicyclic) bond motifs is 1. The zero-order valence-corrected chi connectivity index (χ0v) is 26.3. The van der Waals surface area contributed by atoms with Crippen LogP contribution in [0.1, 0.15) is 67.4 Å². The molecule has 1 aromatic carbocycles. The SMILES string of the molecule is CCOC(=O)c1nc(N(C)c2cc(C)c(Nc3nc4ccccc4s3)nn2)sc1C1CCN(C(=O)OC(C)(C)C)CC1. The van der Waals surface area contributed by atoms with E-state index in [1.54, 1.807) is 23.2 Å². The second-order valence-corrected chi connectivity index (χ2v) is 13.1. The molecule has 0 atom stereocenters. The van der Waals surface area contributed by atoms with Crippen LogP contribution >= 0.6 is 22.7 Å². The van der Waals surface area contributed by atoms with E-state index in [9.17, 15) is 9.59 Å². The molecule has 5 rings (SSSR count). The first-order valence-electron chi connectivity index (χ1n) is 13.9. The third-order valence-electron chi connectivity index (χ3n) is 6.75. The summed E-state index contributed by atoms with van der Waals surface area (Å²) in [5.74, 6) is 0.833. The summed E-state index contributed by atoms with van der Waals surface area (Å²) in [5.41, 5.74) is 1.59. The first-order chi connectivity index (χ1) is 20.0. The first-order valence-corrected chi connectivity index (χ1v) is 15.5. The van der Waals surface area contributed by atoms with Crippen LogP contribution in [0, 0.1) is 6.92 Å². The number of hydrogen-bond acceptors (Lipinski definition) is 12. The number of carbonyl (C=O) groups excluding carboxylic acids is 2. The summed E-state index contributed by atoms with van der Waals surface area (Å²) in [7, 11) is 1.85. The third-order valence-corrected chi connectivity index (χ3v) is 9.00. The van der Waals surface area contributed by atoms with Crippen LogP contribution in [-0.4, -0.2) is 69.5 Å². The Morgan fingerprint density at radius 1 is 1.12 bits per heavy atom. The molecule has 0 saturated carbocycles. The van der Waals surface area contributed by atoms with Gasteiger partial charge in [-0.1, -0.05) is 23.5 Å². The second-order valence-electron chi connectivity index (χ2n) is 11.1. The van der Waals surface area contributed by atoms with Gasteiger partial charge in [-0.15, -0.1) is 21.5 Å². The van der Waals surface area contributed by atoms with Crippen LogP contribution in [0.2, 0.25) is 0 Å². The van der Waals surface area contributed by atoms with Gasteiger partial charge in [0.1, 0.15) is 5.60 Å². The maximum atomic E-state index is 12.9. The lowest BCUT2D eigenvalue weighted by atomic mass is 9.94. The number of nitrogens with one attached hydrogen (secondary N) is 1. The van der Waals surface area contributed by atoms with Crippen LogP contribution in [0.25, 0.3) is 10.2 Å². The first kappa shape index (κ1) is 29.6. The van der Waals surface area contributed by atoms with E-state index in [-0.39, 0.29) is 18.6 Å². The van der Waals surface area contributed by atoms with Crippen molar-refractivity contribution >= 4 is 66.9 Å². The van der Waals surface area contributed by atoms with Crippen LogP contribution in [0.4, 0.5) is 26.7 Å². The quantitative estimate of drug-likeness (QED) is 0.228. The van der Waals surface area contributed by atoms with Crippen molar-refractivity contribution in [2.24, 2.45) is 0 Å². The lowest BCUT2D eigenvalue weighted by Gasteiger charge is -2.33. The Kier molecular flexibility index (Phi) is 8.60. The van der Waals surface area contributed by atoms with Crippen molar-refractivity contribution in [3.05, 3.63) is 46.5 Å². The summed E-state index contributed by atoms with van der Waals surface area (Å²) in [5, 5.41) is 13.5. The van der Waals surface area contributed by atoms with Gasteiger partial charge in [0.15, 0.2) is 27.6 Å². The van der Waals surface area contributed by atoms with Gasteiger partial charge in [-0.05, 0) is 77.1 Å². The summed E-state index contributed by atoms with van der Waals surface area (Å²) in [6, 6.07) is 9.89. The van der Waals surface area contributed by atoms with Gasteiger partial charge in [0, 0.05) is 25.0 Å². The number of nitrogens with zero attached hydrogens (tertiary/aromatic N) is 6. The molecule has 1 fully saturated rings. The van der Waals surface area contributed by atoms with Crippen LogP contribution in [0.5, 0.6) is 0 Å². The van der Waals surface area contributed by atoms with Crippen LogP contribution < -0.4 is 10.2 Å². The van der Waals surface area contributed by atoms with Gasteiger partial charge < -0.3 is 24.6 Å². The molecule has 0 unspecified atom stereocenters. The fraction of sp³-hybridized carbons (Fsp3) is 0.448. The van der Waals surface area contributed by atoms with E-state index in [0.717, 1.165) is 25.8 Å². The summed E-state index contributed by atoms with van der Waals surface area (Å²) >= 11 is 3.00. The van der Waals surface area contributed by atoms with Crippen LogP contribution in [0.15, 0.2) is 30.3 Å². The Morgan fingerprint density at radius 2 is 1.86 bits per heavy atom. The van der Waals surface area contributed by atoms with E-state index < -0.39 is 11.6 Å². The minimum atomic E-state index is -0.548. The summed E-state index contributed by atoms with van der Waals surface area (Å²) < 4.78 is 12.0. The average molecular weight is 610 g/mol. The number of aryl methyl sites for hydroxylation is 1. The van der Waals surface area contributed by atoms with Gasteiger partial charge in [0.05, 0.1) is 16.8 Å². The number of likely N-dealkylation sites (tertiary alicyclic amines) is 1. The highest BCUT2D eigenvalue weighted by molar-refractivity contribution is 7.22. The van der Waals surface area contributed by atoms with E-state index in [2.05, 4.69) is 20.5 Å². The van der Waals surface area contributed by atoms with Crippen molar-refractivity contribution < 1.29 is 19.1 Å². The Balaban J connectivity index is 1.33. The molecule has 1 amide bonds. The van der Waals surface area contributed by atoms with Crippen molar-refractivity contribution in [3.63, 3.8) is 0 Å². The molecular formula is C29H35N7O4S2. The molecule has 1 aliphatic rings. The van der Waals surface area contributed by atoms with Crippen LogP contribution in [-0.2, 0) is 9.47 Å². The summed E-state index contributed by atoms with van der Waals surface area (Å²) in [6.07, 6.45) is 1.08. The monoisotopic (exact) mass is 609 g/mol. The Morgan fingerprint density at radius 3 is 2.52 bits per heavy atom. The highest BCUT2D eigenvalue weighted by Crippen LogP contribution is 2.39. The fourth-order valence-corrected chi connectivity index (χ4v) is 6.68. The normalized spacial score (nSPS) is 14.2. The maximum Gasteiger partial charge on any atom is 0.410 e. The minimum absolute atomic E-state index is 0.0657. The molecule has 42 heavy (non-hydrogen) atoms. The molecule has 222 valence electrons. The largest absolute Gasteiger partial charge is 0.461 e. The van der Waals surface area contributed by atoms with E-state index in [4.69, 9.17) is 14.5 Å². The summed E-state index contributed by atoms with van der Waals surface area (Å²) in [4.78, 5) is 39.2. The molecule has 11 nitrogen and oxygen atoms in total. The topological polar surface area (TPSA) is 123 Å². The summed E-state index contributed by atoms with van der Waals surface area (Å²) in [6.45, 7) is 10.6. The number of thiazole rings is 2. The van der Waals surface area contributed by atoms with Gasteiger partial charge in [-0.2, -0.15) is 0 Å². The number of aromatic nitrogens is 4. The number of anilines is 4. The molecular weight excluding hydrogens is 574 g/mol. The van der Waals surface area contributed by atoms with E-state index in [1.807, 2.05) is 70.0 Å². The molecule has 1 saturated heterocycles.